The number of rotatable bonds is 0. The van der Waals surface area contributed by atoms with Crippen LogP contribution in [0.5, 0.6) is 0 Å². The van der Waals surface area contributed by atoms with Crippen molar-refractivity contribution in [2.75, 3.05) is 0 Å². The van der Waals surface area contributed by atoms with Gasteiger partial charge in [-0.15, -0.1) is 0 Å². The van der Waals surface area contributed by atoms with Gasteiger partial charge in [0.05, 0.1) is 6.10 Å². The molecule has 5 heteroatoms. The van der Waals surface area contributed by atoms with Crippen molar-refractivity contribution in [1.82, 2.24) is 0 Å². The molecule has 3 N–H and O–H groups in total. The molecule has 0 aromatic carbocycles. The fourth-order valence-corrected chi connectivity index (χ4v) is 7.21. The Balaban J connectivity index is 1.75. The summed E-state index contributed by atoms with van der Waals surface area (Å²) in [7, 11) is 0. The summed E-state index contributed by atoms with van der Waals surface area (Å²) in [6.07, 6.45) is 2.79. The molecule has 0 saturated heterocycles. The number of aliphatic hydroxyl groups excluding tert-OH is 2. The highest BCUT2D eigenvalue weighted by atomic mass is 35.5. The molecule has 0 aromatic rings. The van der Waals surface area contributed by atoms with Gasteiger partial charge in [0.25, 0.3) is 0 Å². The third-order valence-corrected chi connectivity index (χ3v) is 8.72. The van der Waals surface area contributed by atoms with Crippen LogP contribution in [0.2, 0.25) is 0 Å². The van der Waals surface area contributed by atoms with Crippen molar-refractivity contribution in [3.05, 3.63) is 11.4 Å². The molecule has 0 spiro atoms. The fourth-order valence-electron chi connectivity index (χ4n) is 7.05. The van der Waals surface area contributed by atoms with Crippen LogP contribution in [-0.4, -0.2) is 33.1 Å². The zero-order valence-electron chi connectivity index (χ0n) is 15.4. The number of aliphatic hydroxyl groups is 3. The largest absolute Gasteiger partial charge is 0.392 e. The van der Waals surface area contributed by atoms with E-state index in [1.807, 2.05) is 0 Å². The zero-order valence-corrected chi connectivity index (χ0v) is 16.2. The molecule has 144 valence electrons. The van der Waals surface area contributed by atoms with E-state index in [9.17, 15) is 19.7 Å². The molecule has 3 saturated carbocycles. The van der Waals surface area contributed by atoms with E-state index >= 15 is 0 Å². The quantitative estimate of drug-likeness (QED) is 0.562. The van der Waals surface area contributed by atoms with Crippen molar-refractivity contribution >= 4 is 11.6 Å². The first-order valence-corrected chi connectivity index (χ1v) is 10.2. The van der Waals surface area contributed by atoms with Crippen LogP contribution < -0.4 is 0 Å². The van der Waals surface area contributed by atoms with E-state index in [0.29, 0.717) is 18.4 Å². The van der Waals surface area contributed by atoms with Gasteiger partial charge in [-0.25, -0.2) is 4.39 Å². The second kappa shape index (κ2) is 5.95. The lowest BCUT2D eigenvalue weighted by atomic mass is 9.45. The highest BCUT2D eigenvalue weighted by Gasteiger charge is 2.65. The average molecular weight is 383 g/mol. The summed E-state index contributed by atoms with van der Waals surface area (Å²) >= 11 is 5.63. The lowest BCUT2D eigenvalue weighted by Gasteiger charge is -2.60. The predicted octanol–water partition coefficient (Wildman–Crippen LogP) is 3.51. The molecule has 26 heavy (non-hydrogen) atoms. The Hall–Kier alpha value is -0.600. The number of fused-ring (bicyclic) bond motifs is 5. The van der Waals surface area contributed by atoms with Gasteiger partial charge in [-0.3, -0.25) is 0 Å². The lowest BCUT2D eigenvalue weighted by Crippen LogP contribution is -2.58. The van der Waals surface area contributed by atoms with Gasteiger partial charge in [0.15, 0.2) is 0 Å². The molecule has 0 radical (unpaired) electrons. The number of hydrogen-bond donors (Lipinski definition) is 3. The van der Waals surface area contributed by atoms with E-state index in [-0.39, 0.29) is 29.6 Å². The van der Waals surface area contributed by atoms with Crippen molar-refractivity contribution in [2.45, 2.75) is 76.6 Å². The summed E-state index contributed by atoms with van der Waals surface area (Å²) < 4.78 is 14.7. The first-order valence-electron chi connectivity index (χ1n) is 9.78. The monoisotopic (exact) mass is 382 g/mol. The molecule has 3 nitrogen and oxygen atoms in total. The maximum atomic E-state index is 14.7. The summed E-state index contributed by atoms with van der Waals surface area (Å²) in [6.45, 7) is 4.19. The Morgan fingerprint density at radius 3 is 2.46 bits per heavy atom. The molecule has 0 bridgehead atoms. The summed E-state index contributed by atoms with van der Waals surface area (Å²) in [4.78, 5) is 0. The molecule has 4 aliphatic rings. The van der Waals surface area contributed by atoms with E-state index in [2.05, 4.69) is 25.1 Å². The first kappa shape index (κ1) is 18.7. The minimum atomic E-state index is -1.12. The molecule has 4 rings (SSSR count). The van der Waals surface area contributed by atoms with Gasteiger partial charge >= 0.3 is 0 Å². The number of hydrogen-bond acceptors (Lipinski definition) is 3. The topological polar surface area (TPSA) is 60.7 Å². The third kappa shape index (κ3) is 2.24. The summed E-state index contributed by atoms with van der Waals surface area (Å²) in [5.74, 6) is 2.76. The first-order chi connectivity index (χ1) is 12.2. The van der Waals surface area contributed by atoms with Gasteiger partial charge in [-0.1, -0.05) is 19.8 Å². The highest BCUT2D eigenvalue weighted by Crippen LogP contribution is 2.68. The van der Waals surface area contributed by atoms with Gasteiger partial charge in [0, 0.05) is 10.8 Å². The molecule has 3 unspecified atom stereocenters. The van der Waals surface area contributed by atoms with Crippen LogP contribution in [0, 0.1) is 39.9 Å². The Morgan fingerprint density at radius 2 is 1.77 bits per heavy atom. The predicted molar refractivity (Wildman–Crippen MR) is 97.7 cm³/mol. The minimum Gasteiger partial charge on any atom is -0.392 e. The Morgan fingerprint density at radius 1 is 1.08 bits per heavy atom. The summed E-state index contributed by atoms with van der Waals surface area (Å²) in [5.41, 5.74) is -1.20. The Kier molecular flexibility index (Phi) is 4.29. The second-order valence-electron chi connectivity index (χ2n) is 9.43. The van der Waals surface area contributed by atoms with Crippen LogP contribution in [0.4, 0.5) is 4.39 Å². The maximum Gasteiger partial charge on any atom is 0.132 e. The van der Waals surface area contributed by atoms with E-state index < -0.39 is 29.1 Å². The highest BCUT2D eigenvalue weighted by molar-refractivity contribution is 6.30. The standard InChI is InChI=1S/C21H28ClFO3/c1-19-6-5-15(24)18(23)14(19)11-16(25)17-12(19)3-7-20(2)13(17)4-8-21(20,26)9-10-22/h12-13,15-17,24-26H,3-8,11H2,1-2H3/t12-,13+,15?,16?,17-,19-,20+,21?/m1/s1. The molecule has 4 aliphatic carbocycles. The molecule has 0 aromatic heterocycles. The van der Waals surface area contributed by atoms with Crippen LogP contribution in [-0.2, 0) is 0 Å². The van der Waals surface area contributed by atoms with Crippen molar-refractivity contribution in [2.24, 2.45) is 28.6 Å². The number of halogens is 2. The van der Waals surface area contributed by atoms with E-state index in [1.54, 1.807) is 0 Å². The van der Waals surface area contributed by atoms with Crippen LogP contribution in [0.1, 0.15) is 58.8 Å². The molecular formula is C21H28ClFO3. The van der Waals surface area contributed by atoms with Crippen LogP contribution in [0.25, 0.3) is 0 Å². The van der Waals surface area contributed by atoms with Gasteiger partial charge in [-0.2, -0.15) is 0 Å². The molecule has 3 fully saturated rings. The van der Waals surface area contributed by atoms with E-state index in [1.165, 1.54) is 0 Å². The van der Waals surface area contributed by atoms with E-state index in [0.717, 1.165) is 25.7 Å². The SMILES string of the molecule is C[C@]12CCC(O)C(F)=C1CC(O)[C@@H]1[C@H]2CC[C@@]2(C)[C@H]1CCC2(O)C#CCl. The molecule has 8 atom stereocenters. The van der Waals surface area contributed by atoms with Gasteiger partial charge in [0.2, 0.25) is 0 Å². The van der Waals surface area contributed by atoms with Crippen LogP contribution in [0.15, 0.2) is 11.4 Å². The normalized spacial score (nSPS) is 53.3. The summed E-state index contributed by atoms with van der Waals surface area (Å²) in [6, 6.07) is 0. The van der Waals surface area contributed by atoms with Gasteiger partial charge in [0.1, 0.15) is 17.5 Å². The van der Waals surface area contributed by atoms with E-state index in [4.69, 9.17) is 11.6 Å². The average Bonchev–Trinajstić information content (AvgIpc) is 2.85. The van der Waals surface area contributed by atoms with Crippen LogP contribution >= 0.6 is 11.6 Å². The lowest BCUT2D eigenvalue weighted by molar-refractivity contribution is -0.138. The maximum absolute atomic E-state index is 14.7. The van der Waals surface area contributed by atoms with Crippen molar-refractivity contribution < 1.29 is 19.7 Å². The zero-order chi connectivity index (χ0) is 18.9. The molecule has 0 aliphatic heterocycles. The smallest absolute Gasteiger partial charge is 0.132 e. The van der Waals surface area contributed by atoms with Crippen molar-refractivity contribution in [1.29, 1.82) is 0 Å². The van der Waals surface area contributed by atoms with Crippen LogP contribution in [0.3, 0.4) is 0 Å². The third-order valence-electron chi connectivity index (χ3n) is 8.62. The minimum absolute atomic E-state index is 0.0247. The van der Waals surface area contributed by atoms with Crippen molar-refractivity contribution in [3.63, 3.8) is 0 Å². The van der Waals surface area contributed by atoms with Crippen molar-refractivity contribution in [3.8, 4) is 11.3 Å². The molecular weight excluding hydrogens is 355 g/mol. The Bertz CT molecular complexity index is 712. The fraction of sp³-hybridized carbons (Fsp3) is 0.810. The molecule has 0 heterocycles. The molecule has 0 amide bonds. The van der Waals surface area contributed by atoms with Gasteiger partial charge < -0.3 is 15.3 Å². The Labute approximate surface area is 159 Å². The second-order valence-corrected chi connectivity index (χ2v) is 9.62. The summed E-state index contributed by atoms with van der Waals surface area (Å²) in [5, 5.41) is 34.5. The van der Waals surface area contributed by atoms with Gasteiger partial charge in [-0.05, 0) is 85.3 Å².